The highest BCUT2D eigenvalue weighted by Crippen LogP contribution is 2.48. The lowest BCUT2D eigenvalue weighted by molar-refractivity contribution is 0.0531. The van der Waals surface area contributed by atoms with E-state index in [0.29, 0.717) is 12.0 Å². The molecule has 2 aliphatic carbocycles. The van der Waals surface area contributed by atoms with E-state index in [9.17, 15) is 5.11 Å². The van der Waals surface area contributed by atoms with Crippen molar-refractivity contribution in [2.45, 2.75) is 58.2 Å². The van der Waals surface area contributed by atoms with Crippen LogP contribution in [-0.4, -0.2) is 11.2 Å². The summed E-state index contributed by atoms with van der Waals surface area (Å²) in [6.07, 6.45) is 6.04. The molecular formula is C17H24O2. The Morgan fingerprint density at radius 2 is 1.84 bits per heavy atom. The highest BCUT2D eigenvalue weighted by molar-refractivity contribution is 5.29. The van der Waals surface area contributed by atoms with Crippen LogP contribution in [0.1, 0.15) is 57.6 Å². The lowest BCUT2D eigenvalue weighted by Crippen LogP contribution is -2.24. The highest BCUT2D eigenvalue weighted by Gasteiger charge is 2.39. The van der Waals surface area contributed by atoms with E-state index in [2.05, 4.69) is 13.8 Å². The zero-order valence-corrected chi connectivity index (χ0v) is 11.9. The molecule has 104 valence electrons. The van der Waals surface area contributed by atoms with Crippen molar-refractivity contribution in [1.29, 1.82) is 0 Å². The third-order valence-corrected chi connectivity index (χ3v) is 4.77. The smallest absolute Gasteiger partial charge is 0.119 e. The van der Waals surface area contributed by atoms with Gasteiger partial charge in [-0.15, -0.1) is 0 Å². The molecule has 2 saturated carbocycles. The van der Waals surface area contributed by atoms with Gasteiger partial charge in [0.15, 0.2) is 0 Å². The zero-order valence-electron chi connectivity index (χ0n) is 11.9. The molecule has 2 aliphatic rings. The number of benzene rings is 1. The molecule has 0 radical (unpaired) electrons. The van der Waals surface area contributed by atoms with Crippen LogP contribution in [-0.2, 0) is 0 Å². The van der Waals surface area contributed by atoms with Gasteiger partial charge in [-0.1, -0.05) is 32.4 Å². The van der Waals surface area contributed by atoms with Crippen LogP contribution in [0.3, 0.4) is 0 Å². The number of hydrogen-bond donors (Lipinski definition) is 1. The molecule has 1 N–H and O–H groups in total. The first-order valence-electron chi connectivity index (χ1n) is 7.51. The molecule has 1 aromatic carbocycles. The fourth-order valence-corrected chi connectivity index (χ4v) is 3.29. The standard InChI is InChI=1S/C17H24O2/c1-17(2)11-3-4-15(17)16(18)12-5-7-13(8-6-12)19-14-9-10-14/h5-8,14-16,18H,3-4,9-11H2,1-2H3. The van der Waals surface area contributed by atoms with Crippen LogP contribution in [0.2, 0.25) is 0 Å². The molecule has 3 rings (SSSR count). The normalized spacial score (nSPS) is 27.2. The van der Waals surface area contributed by atoms with Crippen LogP contribution in [0.15, 0.2) is 24.3 Å². The fraction of sp³-hybridized carbons (Fsp3) is 0.647. The first kappa shape index (κ1) is 13.0. The summed E-state index contributed by atoms with van der Waals surface area (Å²) >= 11 is 0. The van der Waals surface area contributed by atoms with Crippen molar-refractivity contribution < 1.29 is 9.84 Å². The molecule has 1 aromatic rings. The lowest BCUT2D eigenvalue weighted by Gasteiger charge is -2.31. The van der Waals surface area contributed by atoms with E-state index in [1.165, 1.54) is 25.7 Å². The Labute approximate surface area is 115 Å². The van der Waals surface area contributed by atoms with Crippen molar-refractivity contribution in [2.75, 3.05) is 0 Å². The van der Waals surface area contributed by atoms with E-state index < -0.39 is 0 Å². The molecule has 0 saturated heterocycles. The first-order valence-corrected chi connectivity index (χ1v) is 7.51. The molecular weight excluding hydrogens is 236 g/mol. The van der Waals surface area contributed by atoms with Crippen molar-refractivity contribution in [3.05, 3.63) is 29.8 Å². The van der Waals surface area contributed by atoms with Gasteiger partial charge in [-0.3, -0.25) is 0 Å². The van der Waals surface area contributed by atoms with Crippen LogP contribution >= 0.6 is 0 Å². The van der Waals surface area contributed by atoms with Gasteiger partial charge in [-0.25, -0.2) is 0 Å². The fourth-order valence-electron chi connectivity index (χ4n) is 3.29. The maximum atomic E-state index is 10.6. The summed E-state index contributed by atoms with van der Waals surface area (Å²) < 4.78 is 5.74. The largest absolute Gasteiger partial charge is 0.490 e. The van der Waals surface area contributed by atoms with E-state index in [0.717, 1.165) is 17.7 Å². The molecule has 2 atom stereocenters. The third-order valence-electron chi connectivity index (χ3n) is 4.77. The average molecular weight is 260 g/mol. The van der Waals surface area contributed by atoms with Gasteiger partial charge in [0.25, 0.3) is 0 Å². The molecule has 2 nitrogen and oxygen atoms in total. The molecule has 0 amide bonds. The highest BCUT2D eigenvalue weighted by atomic mass is 16.5. The summed E-state index contributed by atoms with van der Waals surface area (Å²) in [6.45, 7) is 4.55. The molecule has 2 fully saturated rings. The number of rotatable bonds is 4. The van der Waals surface area contributed by atoms with Gasteiger partial charge in [0.1, 0.15) is 5.75 Å². The van der Waals surface area contributed by atoms with Crippen LogP contribution in [0.5, 0.6) is 5.75 Å². The Morgan fingerprint density at radius 1 is 1.16 bits per heavy atom. The van der Waals surface area contributed by atoms with Crippen molar-refractivity contribution in [2.24, 2.45) is 11.3 Å². The molecule has 0 spiro atoms. The minimum absolute atomic E-state index is 0.253. The van der Waals surface area contributed by atoms with Gasteiger partial charge in [-0.2, -0.15) is 0 Å². The molecule has 19 heavy (non-hydrogen) atoms. The minimum atomic E-state index is -0.340. The second kappa shape index (κ2) is 4.82. The number of ether oxygens (including phenoxy) is 1. The number of aliphatic hydroxyl groups excluding tert-OH is 1. The maximum absolute atomic E-state index is 10.6. The summed E-state index contributed by atoms with van der Waals surface area (Å²) in [4.78, 5) is 0. The number of aliphatic hydroxyl groups is 1. The van der Waals surface area contributed by atoms with Crippen molar-refractivity contribution in [3.63, 3.8) is 0 Å². The summed E-state index contributed by atoms with van der Waals surface area (Å²) in [5, 5.41) is 10.6. The van der Waals surface area contributed by atoms with E-state index in [-0.39, 0.29) is 11.5 Å². The van der Waals surface area contributed by atoms with Gasteiger partial charge in [0.2, 0.25) is 0 Å². The third kappa shape index (κ3) is 2.79. The Morgan fingerprint density at radius 3 is 2.37 bits per heavy atom. The van der Waals surface area contributed by atoms with Crippen molar-refractivity contribution in [1.82, 2.24) is 0 Å². The first-order chi connectivity index (χ1) is 9.06. The molecule has 0 bridgehead atoms. The molecule has 0 aromatic heterocycles. The minimum Gasteiger partial charge on any atom is -0.490 e. The summed E-state index contributed by atoms with van der Waals surface area (Å²) in [5.74, 6) is 1.31. The quantitative estimate of drug-likeness (QED) is 0.883. The van der Waals surface area contributed by atoms with E-state index in [1.54, 1.807) is 0 Å². The van der Waals surface area contributed by atoms with Crippen molar-refractivity contribution in [3.8, 4) is 5.75 Å². The van der Waals surface area contributed by atoms with Crippen LogP contribution < -0.4 is 4.74 Å². The second-order valence-electron chi connectivity index (χ2n) is 6.82. The topological polar surface area (TPSA) is 29.5 Å². The van der Waals surface area contributed by atoms with Crippen LogP contribution in [0.25, 0.3) is 0 Å². The maximum Gasteiger partial charge on any atom is 0.119 e. The molecule has 0 heterocycles. The van der Waals surface area contributed by atoms with E-state index >= 15 is 0 Å². The molecule has 2 heteroatoms. The predicted molar refractivity (Wildman–Crippen MR) is 76.2 cm³/mol. The molecule has 2 unspecified atom stereocenters. The number of hydrogen-bond acceptors (Lipinski definition) is 2. The van der Waals surface area contributed by atoms with Gasteiger partial charge in [0.05, 0.1) is 12.2 Å². The summed E-state index contributed by atoms with van der Waals surface area (Å²) in [7, 11) is 0. The SMILES string of the molecule is CC1(C)CCCC1C(O)c1ccc(OC2CC2)cc1. The van der Waals surface area contributed by atoms with Crippen LogP contribution in [0, 0.1) is 11.3 Å². The van der Waals surface area contributed by atoms with Crippen LogP contribution in [0.4, 0.5) is 0 Å². The second-order valence-corrected chi connectivity index (χ2v) is 6.82. The van der Waals surface area contributed by atoms with Gasteiger partial charge < -0.3 is 9.84 Å². The molecule has 0 aliphatic heterocycles. The predicted octanol–water partition coefficient (Wildman–Crippen LogP) is 4.09. The van der Waals surface area contributed by atoms with Gasteiger partial charge >= 0.3 is 0 Å². The zero-order chi connectivity index (χ0) is 13.5. The Hall–Kier alpha value is -1.02. The van der Waals surface area contributed by atoms with Gasteiger partial charge in [0, 0.05) is 0 Å². The summed E-state index contributed by atoms with van der Waals surface area (Å²) in [5.41, 5.74) is 1.28. The Balaban J connectivity index is 1.70. The van der Waals surface area contributed by atoms with Crippen molar-refractivity contribution >= 4 is 0 Å². The van der Waals surface area contributed by atoms with Gasteiger partial charge in [-0.05, 0) is 54.7 Å². The lowest BCUT2D eigenvalue weighted by atomic mass is 9.77. The average Bonchev–Trinajstić information content (AvgIpc) is 3.12. The Bertz CT molecular complexity index is 431. The monoisotopic (exact) mass is 260 g/mol. The van der Waals surface area contributed by atoms with E-state index in [4.69, 9.17) is 4.74 Å². The Kier molecular flexibility index (Phi) is 3.30. The summed E-state index contributed by atoms with van der Waals surface area (Å²) in [6, 6.07) is 8.05. The van der Waals surface area contributed by atoms with E-state index in [1.807, 2.05) is 24.3 Å².